The Bertz CT molecular complexity index is 524. The lowest BCUT2D eigenvalue weighted by atomic mass is 10.0. The summed E-state index contributed by atoms with van der Waals surface area (Å²) in [7, 11) is 0. The highest BCUT2D eigenvalue weighted by atomic mass is 35.5. The first-order valence-electron chi connectivity index (χ1n) is 6.79. The molecule has 1 amide bonds. The maximum atomic E-state index is 12.1. The zero-order chi connectivity index (χ0) is 14.7. The second-order valence-corrected chi connectivity index (χ2v) is 5.28. The highest BCUT2D eigenvalue weighted by molar-refractivity contribution is 5.85. The number of nitrogens with zero attached hydrogens (tertiary/aromatic N) is 1. The van der Waals surface area contributed by atoms with Gasteiger partial charge in [-0.1, -0.05) is 18.6 Å². The number of nitrogens with one attached hydrogen (secondary N) is 1. The number of nitro groups is 1. The third kappa shape index (κ3) is 4.15. The second-order valence-electron chi connectivity index (χ2n) is 5.28. The fourth-order valence-corrected chi connectivity index (χ4v) is 2.63. The summed E-state index contributed by atoms with van der Waals surface area (Å²) in [4.78, 5) is 22.4. The lowest BCUT2D eigenvalue weighted by molar-refractivity contribution is -0.384. The largest absolute Gasteiger partial charge is 0.349 e. The zero-order valence-corrected chi connectivity index (χ0v) is 12.6. The third-order valence-electron chi connectivity index (χ3n) is 3.85. The lowest BCUT2D eigenvalue weighted by Gasteiger charge is -2.19. The van der Waals surface area contributed by atoms with Gasteiger partial charge in [0.15, 0.2) is 0 Å². The molecule has 1 aliphatic carbocycles. The number of carbonyl (C=O) groups excluding carboxylic acids is 1. The summed E-state index contributed by atoms with van der Waals surface area (Å²) in [5.74, 6) is -0.204. The van der Waals surface area contributed by atoms with Crippen molar-refractivity contribution in [3.63, 3.8) is 0 Å². The number of non-ortho nitro benzene ring substituents is 1. The van der Waals surface area contributed by atoms with E-state index in [2.05, 4.69) is 5.32 Å². The van der Waals surface area contributed by atoms with Gasteiger partial charge in [-0.15, -0.1) is 12.4 Å². The van der Waals surface area contributed by atoms with Gasteiger partial charge in [-0.3, -0.25) is 14.9 Å². The Balaban J connectivity index is 0.00000220. The maximum Gasteiger partial charge on any atom is 0.269 e. The van der Waals surface area contributed by atoms with Crippen molar-refractivity contribution in [2.24, 2.45) is 11.7 Å². The van der Waals surface area contributed by atoms with Crippen LogP contribution in [0.15, 0.2) is 24.3 Å². The topological polar surface area (TPSA) is 98.3 Å². The molecule has 0 radical (unpaired) electrons. The van der Waals surface area contributed by atoms with Crippen LogP contribution >= 0.6 is 12.4 Å². The minimum Gasteiger partial charge on any atom is -0.349 e. The molecule has 0 aliphatic heterocycles. The Morgan fingerprint density at radius 3 is 2.76 bits per heavy atom. The Kier molecular flexibility index (Phi) is 6.11. The third-order valence-corrected chi connectivity index (χ3v) is 3.85. The Hall–Kier alpha value is -1.66. The molecule has 7 heteroatoms. The van der Waals surface area contributed by atoms with E-state index in [9.17, 15) is 14.9 Å². The lowest BCUT2D eigenvalue weighted by Crippen LogP contribution is -2.39. The molecule has 3 N–H and O–H groups in total. The van der Waals surface area contributed by atoms with E-state index in [0.717, 1.165) is 24.8 Å². The van der Waals surface area contributed by atoms with E-state index in [4.69, 9.17) is 5.73 Å². The van der Waals surface area contributed by atoms with Crippen molar-refractivity contribution < 1.29 is 9.72 Å². The van der Waals surface area contributed by atoms with Crippen LogP contribution in [0, 0.1) is 16.0 Å². The second kappa shape index (κ2) is 7.38. The standard InChI is InChI=1S/C14H19N3O3.ClH/c1-9(10-4-2-5-11(8-10)17(19)20)16-14(18)12-6-3-7-13(12)15;/h2,4-5,8-9,12-13H,3,6-7,15H2,1H3,(H,16,18);1H. The van der Waals surface area contributed by atoms with Gasteiger partial charge in [0.25, 0.3) is 5.69 Å². The fourth-order valence-electron chi connectivity index (χ4n) is 2.63. The average molecular weight is 314 g/mol. The van der Waals surface area contributed by atoms with E-state index in [1.54, 1.807) is 12.1 Å². The quantitative estimate of drug-likeness (QED) is 0.658. The number of rotatable bonds is 4. The minimum atomic E-state index is -0.440. The molecule has 21 heavy (non-hydrogen) atoms. The molecule has 116 valence electrons. The monoisotopic (exact) mass is 313 g/mol. The predicted octanol–water partition coefficient (Wildman–Crippen LogP) is 2.32. The van der Waals surface area contributed by atoms with Crippen LogP contribution < -0.4 is 11.1 Å². The first-order valence-corrected chi connectivity index (χ1v) is 6.79. The summed E-state index contributed by atoms with van der Waals surface area (Å²) < 4.78 is 0. The predicted molar refractivity (Wildman–Crippen MR) is 82.2 cm³/mol. The van der Waals surface area contributed by atoms with Gasteiger partial charge in [0.2, 0.25) is 5.91 Å². The SMILES string of the molecule is CC(NC(=O)C1CCCC1N)c1cccc([N+](=O)[O-])c1.Cl. The van der Waals surface area contributed by atoms with Gasteiger partial charge in [0.05, 0.1) is 16.9 Å². The Morgan fingerprint density at radius 2 is 2.19 bits per heavy atom. The normalized spacial score (nSPS) is 22.2. The summed E-state index contributed by atoms with van der Waals surface area (Å²) in [6.07, 6.45) is 2.67. The van der Waals surface area contributed by atoms with Crippen LogP contribution in [0.3, 0.4) is 0 Å². The molecule has 0 spiro atoms. The van der Waals surface area contributed by atoms with Crippen LogP contribution in [0.2, 0.25) is 0 Å². The van der Waals surface area contributed by atoms with Crippen LogP contribution in [-0.2, 0) is 4.79 Å². The number of amides is 1. The summed E-state index contributed by atoms with van der Waals surface area (Å²) in [6, 6.07) is 5.97. The van der Waals surface area contributed by atoms with E-state index < -0.39 is 4.92 Å². The zero-order valence-electron chi connectivity index (χ0n) is 11.8. The van der Waals surface area contributed by atoms with Gasteiger partial charge in [-0.25, -0.2) is 0 Å². The summed E-state index contributed by atoms with van der Waals surface area (Å²) in [5, 5.41) is 13.6. The van der Waals surface area contributed by atoms with Crippen molar-refractivity contribution in [2.45, 2.75) is 38.3 Å². The first kappa shape index (κ1) is 17.4. The highest BCUT2D eigenvalue weighted by Crippen LogP contribution is 2.25. The molecular formula is C14H20ClN3O3. The molecular weight excluding hydrogens is 294 g/mol. The van der Waals surface area contributed by atoms with Crippen molar-refractivity contribution in [3.8, 4) is 0 Å². The molecule has 0 aromatic heterocycles. The number of carbonyl (C=O) groups is 1. The Morgan fingerprint density at radius 1 is 1.48 bits per heavy atom. The van der Waals surface area contributed by atoms with E-state index in [0.29, 0.717) is 0 Å². The summed E-state index contributed by atoms with van der Waals surface area (Å²) >= 11 is 0. The van der Waals surface area contributed by atoms with Gasteiger partial charge < -0.3 is 11.1 Å². The number of halogens is 1. The van der Waals surface area contributed by atoms with Crippen molar-refractivity contribution in [3.05, 3.63) is 39.9 Å². The smallest absolute Gasteiger partial charge is 0.269 e. The molecule has 1 saturated carbocycles. The molecule has 6 nitrogen and oxygen atoms in total. The van der Waals surface area contributed by atoms with Gasteiger partial charge in [-0.05, 0) is 25.3 Å². The van der Waals surface area contributed by atoms with Gasteiger partial charge in [0, 0.05) is 18.2 Å². The maximum absolute atomic E-state index is 12.1. The Labute approximate surface area is 129 Å². The number of hydrogen-bond donors (Lipinski definition) is 2. The molecule has 1 aromatic rings. The summed E-state index contributed by atoms with van der Waals surface area (Å²) in [5.41, 5.74) is 6.66. The van der Waals surface area contributed by atoms with E-state index in [-0.39, 0.29) is 42.0 Å². The van der Waals surface area contributed by atoms with Gasteiger partial charge >= 0.3 is 0 Å². The number of nitrogens with two attached hydrogens (primary N) is 1. The van der Waals surface area contributed by atoms with Crippen molar-refractivity contribution in [1.29, 1.82) is 0 Å². The van der Waals surface area contributed by atoms with Crippen LogP contribution in [0.25, 0.3) is 0 Å². The number of benzene rings is 1. The molecule has 0 heterocycles. The van der Waals surface area contributed by atoms with Crippen LogP contribution in [-0.4, -0.2) is 16.9 Å². The first-order chi connectivity index (χ1) is 9.49. The number of nitro benzene ring substituents is 1. The number of hydrogen-bond acceptors (Lipinski definition) is 4. The molecule has 0 saturated heterocycles. The fraction of sp³-hybridized carbons (Fsp3) is 0.500. The van der Waals surface area contributed by atoms with Crippen molar-refractivity contribution in [1.82, 2.24) is 5.32 Å². The van der Waals surface area contributed by atoms with Crippen molar-refractivity contribution in [2.75, 3.05) is 0 Å². The minimum absolute atomic E-state index is 0. The molecule has 3 unspecified atom stereocenters. The molecule has 1 aromatic carbocycles. The van der Waals surface area contributed by atoms with Crippen molar-refractivity contribution >= 4 is 24.0 Å². The van der Waals surface area contributed by atoms with Crippen LogP contribution in [0.1, 0.15) is 37.8 Å². The van der Waals surface area contributed by atoms with Crippen LogP contribution in [0.4, 0.5) is 5.69 Å². The molecule has 0 bridgehead atoms. The molecule has 1 fully saturated rings. The van der Waals surface area contributed by atoms with E-state index >= 15 is 0 Å². The van der Waals surface area contributed by atoms with Gasteiger partial charge in [0.1, 0.15) is 0 Å². The molecule has 2 rings (SSSR count). The summed E-state index contributed by atoms with van der Waals surface area (Å²) in [6.45, 7) is 1.82. The van der Waals surface area contributed by atoms with E-state index in [1.165, 1.54) is 12.1 Å². The highest BCUT2D eigenvalue weighted by Gasteiger charge is 2.30. The average Bonchev–Trinajstić information content (AvgIpc) is 2.85. The molecule has 1 aliphatic rings. The van der Waals surface area contributed by atoms with Crippen LogP contribution in [0.5, 0.6) is 0 Å². The van der Waals surface area contributed by atoms with E-state index in [1.807, 2.05) is 6.92 Å². The van der Waals surface area contributed by atoms with Gasteiger partial charge in [-0.2, -0.15) is 0 Å². The molecule has 3 atom stereocenters.